The van der Waals surface area contributed by atoms with Crippen LogP contribution in [0.25, 0.3) is 104 Å². The van der Waals surface area contributed by atoms with Crippen molar-refractivity contribution < 1.29 is 0 Å². The van der Waals surface area contributed by atoms with E-state index in [0.717, 1.165) is 33.8 Å². The number of hydrogen-bond donors (Lipinski definition) is 0. The molecule has 0 saturated heterocycles. The minimum Gasteiger partial charge on any atom is -0.310 e. The first kappa shape index (κ1) is 46.8. The predicted molar refractivity (Wildman–Crippen MR) is 327 cm³/mol. The molecule has 0 fully saturated rings. The molecule has 0 bridgehead atoms. The fourth-order valence-corrected chi connectivity index (χ4v) is 12.5. The smallest absolute Gasteiger partial charge is 0.0619 e. The second kappa shape index (κ2) is 18.4. The molecule has 12 aromatic carbocycles. The van der Waals surface area contributed by atoms with Gasteiger partial charge < -0.3 is 9.47 Å². The Morgan fingerprint density at radius 2 is 0.671 bits per heavy atom. The highest BCUT2D eigenvalue weighted by molar-refractivity contribution is 6.25. The molecule has 1 aromatic heterocycles. The van der Waals surface area contributed by atoms with Gasteiger partial charge in [-0.05, 0) is 159 Å². The largest absolute Gasteiger partial charge is 0.310 e. The van der Waals surface area contributed by atoms with E-state index < -0.39 is 0 Å². The molecule has 2 heteroatoms. The Bertz CT molecular complexity index is 4260. The molecule has 0 amide bonds. The van der Waals surface area contributed by atoms with Gasteiger partial charge in [-0.15, -0.1) is 0 Å². The van der Waals surface area contributed by atoms with Crippen LogP contribution in [0.3, 0.4) is 0 Å². The number of benzene rings is 12. The first-order valence-corrected chi connectivity index (χ1v) is 26.8. The van der Waals surface area contributed by atoms with E-state index in [1.807, 2.05) is 0 Å². The van der Waals surface area contributed by atoms with Crippen LogP contribution < -0.4 is 4.90 Å². The van der Waals surface area contributed by atoms with Crippen LogP contribution in [0, 0.1) is 0 Å². The van der Waals surface area contributed by atoms with Crippen LogP contribution >= 0.6 is 0 Å². The van der Waals surface area contributed by atoms with Gasteiger partial charge in [0.1, 0.15) is 0 Å². The normalized spacial score (nSPS) is 12.1. The molecule has 0 aliphatic heterocycles. The number of anilines is 3. The summed E-state index contributed by atoms with van der Waals surface area (Å²) < 4.78 is 2.59. The Morgan fingerprint density at radius 1 is 0.276 bits per heavy atom. The molecule has 0 unspecified atom stereocenters. The average molecular weight is 977 g/mol. The lowest BCUT2D eigenvalue weighted by Crippen LogP contribution is -2.17. The average Bonchev–Trinajstić information content (AvgIpc) is 3.79. The third kappa shape index (κ3) is 7.87. The maximum Gasteiger partial charge on any atom is 0.0619 e. The molecular weight excluding hydrogens is 917 g/mol. The molecule has 0 aliphatic carbocycles. The highest BCUT2D eigenvalue weighted by Gasteiger charge is 2.30. The van der Waals surface area contributed by atoms with E-state index in [2.05, 4.69) is 306 Å². The van der Waals surface area contributed by atoms with Crippen LogP contribution in [0.2, 0.25) is 0 Å². The Hall–Kier alpha value is -8.98. The maximum absolute atomic E-state index is 2.59. The lowest BCUT2D eigenvalue weighted by Gasteiger charge is -2.30. The first-order valence-electron chi connectivity index (χ1n) is 26.8. The van der Waals surface area contributed by atoms with Crippen molar-refractivity contribution in [2.45, 2.75) is 52.4 Å². The minimum atomic E-state index is -0.141. The monoisotopic (exact) mass is 976 g/mol. The van der Waals surface area contributed by atoms with Crippen LogP contribution in [-0.2, 0) is 10.8 Å². The van der Waals surface area contributed by atoms with E-state index in [1.165, 1.54) is 98.7 Å². The number of fused-ring (bicyclic) bond motifs is 5. The van der Waals surface area contributed by atoms with Crippen molar-refractivity contribution >= 4 is 71.1 Å². The number of nitrogens with zero attached hydrogens (tertiary/aromatic N) is 2. The van der Waals surface area contributed by atoms with Crippen LogP contribution in [0.1, 0.15) is 52.7 Å². The van der Waals surface area contributed by atoms with Gasteiger partial charge in [0.25, 0.3) is 0 Å². The Morgan fingerprint density at radius 3 is 1.18 bits per heavy atom. The zero-order chi connectivity index (χ0) is 51.7. The molecule has 0 aliphatic rings. The fourth-order valence-electron chi connectivity index (χ4n) is 12.5. The summed E-state index contributed by atoms with van der Waals surface area (Å²) in [6.07, 6.45) is 0. The van der Waals surface area contributed by atoms with Gasteiger partial charge in [0, 0.05) is 33.7 Å². The van der Waals surface area contributed by atoms with Crippen molar-refractivity contribution in [2.24, 2.45) is 0 Å². The Balaban J connectivity index is 1.22. The summed E-state index contributed by atoms with van der Waals surface area (Å²) in [5.74, 6) is 0. The van der Waals surface area contributed by atoms with Crippen molar-refractivity contribution in [1.82, 2.24) is 4.57 Å². The van der Waals surface area contributed by atoms with E-state index >= 15 is 0 Å². The lowest BCUT2D eigenvalue weighted by molar-refractivity contribution is 0.593. The van der Waals surface area contributed by atoms with Gasteiger partial charge in [-0.3, -0.25) is 0 Å². The topological polar surface area (TPSA) is 8.17 Å². The number of rotatable bonds is 8. The third-order valence-electron chi connectivity index (χ3n) is 15.5. The van der Waals surface area contributed by atoms with Gasteiger partial charge in [-0.25, -0.2) is 0 Å². The maximum atomic E-state index is 2.59. The lowest BCUT2D eigenvalue weighted by atomic mass is 9.74. The number of hydrogen-bond acceptors (Lipinski definition) is 1. The summed E-state index contributed by atoms with van der Waals surface area (Å²) in [6, 6.07) is 94.4. The molecule has 76 heavy (non-hydrogen) atoms. The van der Waals surface area contributed by atoms with Gasteiger partial charge in [0.2, 0.25) is 0 Å². The van der Waals surface area contributed by atoms with Crippen molar-refractivity contribution in [3.8, 4) is 50.3 Å². The summed E-state index contributed by atoms with van der Waals surface area (Å²) in [6.45, 7) is 14.2. The van der Waals surface area contributed by atoms with Gasteiger partial charge in [0.15, 0.2) is 0 Å². The van der Waals surface area contributed by atoms with Crippen molar-refractivity contribution in [1.29, 1.82) is 0 Å². The third-order valence-corrected chi connectivity index (χ3v) is 15.5. The van der Waals surface area contributed by atoms with Crippen LogP contribution in [-0.4, -0.2) is 4.57 Å². The minimum absolute atomic E-state index is 0.0975. The quantitative estimate of drug-likeness (QED) is 0.138. The number of para-hydroxylation sites is 2. The summed E-state index contributed by atoms with van der Waals surface area (Å²) in [5, 5.41) is 11.3. The molecule has 0 spiro atoms. The molecule has 0 radical (unpaired) electrons. The van der Waals surface area contributed by atoms with E-state index in [9.17, 15) is 0 Å². The fraction of sp³-hybridized carbons (Fsp3) is 0.108. The van der Waals surface area contributed by atoms with Crippen molar-refractivity contribution in [3.05, 3.63) is 266 Å². The highest BCUT2D eigenvalue weighted by atomic mass is 15.1. The summed E-state index contributed by atoms with van der Waals surface area (Å²) in [7, 11) is 0. The van der Waals surface area contributed by atoms with E-state index in [-0.39, 0.29) is 10.8 Å². The molecule has 13 aromatic rings. The Labute approximate surface area is 446 Å². The molecule has 2 nitrogen and oxygen atoms in total. The standard InChI is InChI=1S/C74H60N2/c1-73(2,3)70-58-39-25-26-40-59(58)71(74(4,5)6)64-46-56(42-44-60(64)70)76-66-48-63-62(47-65(66)69(51-31-17-9-18-32-51)72(76)52-33-19-10-20-34-52)68(50-29-15-8-16-30-50)61-45-55(41-43-57(61)67(63)49-27-13-7-14-28-49)75(53-35-21-11-22-36-53)54-37-23-12-24-38-54/h7-48H,1-6H3. The summed E-state index contributed by atoms with van der Waals surface area (Å²) >= 11 is 0. The van der Waals surface area contributed by atoms with E-state index in [0.29, 0.717) is 0 Å². The van der Waals surface area contributed by atoms with Crippen molar-refractivity contribution in [2.75, 3.05) is 4.90 Å². The van der Waals surface area contributed by atoms with Crippen LogP contribution in [0.5, 0.6) is 0 Å². The molecule has 1 heterocycles. The zero-order valence-electron chi connectivity index (χ0n) is 44.1. The van der Waals surface area contributed by atoms with Gasteiger partial charge in [-0.2, -0.15) is 0 Å². The summed E-state index contributed by atoms with van der Waals surface area (Å²) in [5.41, 5.74) is 17.6. The first-order chi connectivity index (χ1) is 37.0. The van der Waals surface area contributed by atoms with Crippen LogP contribution in [0.15, 0.2) is 255 Å². The number of aromatic nitrogens is 1. The highest BCUT2D eigenvalue weighted by Crippen LogP contribution is 2.52. The molecule has 0 saturated carbocycles. The van der Waals surface area contributed by atoms with E-state index in [1.54, 1.807) is 0 Å². The van der Waals surface area contributed by atoms with Crippen LogP contribution in [0.4, 0.5) is 17.1 Å². The van der Waals surface area contributed by atoms with Gasteiger partial charge in [0.05, 0.1) is 11.2 Å². The molecule has 13 rings (SSSR count). The van der Waals surface area contributed by atoms with Gasteiger partial charge in [-0.1, -0.05) is 236 Å². The Kier molecular flexibility index (Phi) is 11.4. The zero-order valence-corrected chi connectivity index (χ0v) is 44.1. The molecule has 0 atom stereocenters. The molecule has 0 N–H and O–H groups in total. The second-order valence-corrected chi connectivity index (χ2v) is 22.4. The van der Waals surface area contributed by atoms with Gasteiger partial charge >= 0.3 is 0 Å². The van der Waals surface area contributed by atoms with Crippen molar-refractivity contribution in [3.63, 3.8) is 0 Å². The second-order valence-electron chi connectivity index (χ2n) is 22.4. The SMILES string of the molecule is CC(C)(C)c1c2ccccc2c(C(C)(C)C)c2cc(-n3c(-c4ccccc4)c(-c4ccccc4)c4cc5c(-c6ccccc6)c6cc(N(c7ccccc7)c7ccccc7)ccc6c(-c6ccccc6)c5cc43)ccc12. The molecule has 366 valence electrons. The molecular formula is C74H60N2. The summed E-state index contributed by atoms with van der Waals surface area (Å²) in [4.78, 5) is 2.38. The van der Waals surface area contributed by atoms with E-state index in [4.69, 9.17) is 0 Å². The predicted octanol–water partition coefficient (Wildman–Crippen LogP) is 21.0.